The molecule has 0 aromatic heterocycles. The normalized spacial score (nSPS) is 19.5. The van der Waals surface area contributed by atoms with Crippen LogP contribution in [-0.4, -0.2) is 32.0 Å². The number of carbonyl (C=O) groups is 2. The first-order valence-corrected chi connectivity index (χ1v) is 12.1. The lowest BCUT2D eigenvalue weighted by atomic mass is 9.74. The second-order valence-electron chi connectivity index (χ2n) is 9.45. The summed E-state index contributed by atoms with van der Waals surface area (Å²) in [5.41, 5.74) is 1.22. The lowest BCUT2D eigenvalue weighted by Gasteiger charge is -2.35. The number of ether oxygens (including phenoxy) is 4. The third-order valence-electron chi connectivity index (χ3n) is 6.95. The van der Waals surface area contributed by atoms with Crippen molar-refractivity contribution < 1.29 is 32.9 Å². The number of esters is 2. The van der Waals surface area contributed by atoms with Crippen molar-refractivity contribution in [2.24, 2.45) is 5.41 Å². The zero-order valence-corrected chi connectivity index (χ0v) is 20.8. The SMILES string of the molecule is COC(=O)c1cc(OC2CCC(C)(C(=O)OCc3cccc4ccccc34)CC2)c(C)cc1OCF. The molecule has 0 spiro atoms. The molecule has 190 valence electrons. The number of methoxy groups -OCH3 is 1. The monoisotopic (exact) mass is 494 g/mol. The van der Waals surface area contributed by atoms with E-state index in [9.17, 15) is 14.0 Å². The van der Waals surface area contributed by atoms with Crippen LogP contribution in [0.5, 0.6) is 11.5 Å². The average Bonchev–Trinajstić information content (AvgIpc) is 2.89. The number of halogens is 1. The van der Waals surface area contributed by atoms with Gasteiger partial charge in [-0.05, 0) is 73.6 Å². The van der Waals surface area contributed by atoms with E-state index in [4.69, 9.17) is 18.9 Å². The molecule has 4 rings (SSSR count). The first kappa shape index (κ1) is 25.5. The number of hydrogen-bond donors (Lipinski definition) is 0. The van der Waals surface area contributed by atoms with Crippen LogP contribution in [-0.2, 0) is 20.9 Å². The lowest BCUT2D eigenvalue weighted by Crippen LogP contribution is -2.37. The molecule has 0 radical (unpaired) electrons. The second-order valence-corrected chi connectivity index (χ2v) is 9.45. The Morgan fingerprint density at radius 2 is 1.75 bits per heavy atom. The van der Waals surface area contributed by atoms with E-state index in [0.29, 0.717) is 37.0 Å². The van der Waals surface area contributed by atoms with Crippen LogP contribution < -0.4 is 9.47 Å². The van der Waals surface area contributed by atoms with Gasteiger partial charge in [0.2, 0.25) is 6.86 Å². The third kappa shape index (κ3) is 5.45. The zero-order chi connectivity index (χ0) is 25.7. The summed E-state index contributed by atoms with van der Waals surface area (Å²) in [6, 6.07) is 17.1. The zero-order valence-electron chi connectivity index (χ0n) is 20.8. The maximum atomic E-state index is 13.0. The summed E-state index contributed by atoms with van der Waals surface area (Å²) in [5, 5.41) is 2.20. The van der Waals surface area contributed by atoms with Crippen LogP contribution in [0.15, 0.2) is 54.6 Å². The molecule has 3 aromatic rings. The fourth-order valence-electron chi connectivity index (χ4n) is 4.70. The van der Waals surface area contributed by atoms with E-state index < -0.39 is 18.2 Å². The number of fused-ring (bicyclic) bond motifs is 1. The molecular formula is C29H31FO6. The van der Waals surface area contributed by atoms with Crippen molar-refractivity contribution in [2.45, 2.75) is 52.2 Å². The third-order valence-corrected chi connectivity index (χ3v) is 6.95. The first-order chi connectivity index (χ1) is 17.3. The highest BCUT2D eigenvalue weighted by molar-refractivity contribution is 5.93. The van der Waals surface area contributed by atoms with E-state index in [2.05, 4.69) is 0 Å². The van der Waals surface area contributed by atoms with E-state index >= 15 is 0 Å². The van der Waals surface area contributed by atoms with Gasteiger partial charge in [0, 0.05) is 0 Å². The fourth-order valence-corrected chi connectivity index (χ4v) is 4.70. The summed E-state index contributed by atoms with van der Waals surface area (Å²) in [5.74, 6) is -0.215. The van der Waals surface area contributed by atoms with E-state index in [1.165, 1.54) is 13.2 Å². The lowest BCUT2D eigenvalue weighted by molar-refractivity contribution is -0.159. The second kappa shape index (κ2) is 11.0. The average molecular weight is 495 g/mol. The molecule has 0 N–H and O–H groups in total. The van der Waals surface area contributed by atoms with E-state index in [-0.39, 0.29) is 30.0 Å². The Kier molecular flexibility index (Phi) is 7.77. The molecular weight excluding hydrogens is 463 g/mol. The molecule has 0 atom stereocenters. The van der Waals surface area contributed by atoms with Gasteiger partial charge >= 0.3 is 11.9 Å². The van der Waals surface area contributed by atoms with Crippen molar-refractivity contribution in [3.63, 3.8) is 0 Å². The van der Waals surface area contributed by atoms with Gasteiger partial charge in [-0.1, -0.05) is 42.5 Å². The van der Waals surface area contributed by atoms with Crippen molar-refractivity contribution >= 4 is 22.7 Å². The van der Waals surface area contributed by atoms with E-state index in [0.717, 1.165) is 16.3 Å². The van der Waals surface area contributed by atoms with Gasteiger partial charge in [0.15, 0.2) is 0 Å². The molecule has 0 unspecified atom stereocenters. The van der Waals surface area contributed by atoms with Crippen LogP contribution in [0.25, 0.3) is 10.8 Å². The van der Waals surface area contributed by atoms with Crippen LogP contribution in [0, 0.1) is 12.3 Å². The molecule has 0 bridgehead atoms. The Balaban J connectivity index is 1.38. The summed E-state index contributed by atoms with van der Waals surface area (Å²) < 4.78 is 34.4. The van der Waals surface area contributed by atoms with Gasteiger partial charge < -0.3 is 18.9 Å². The maximum Gasteiger partial charge on any atom is 0.341 e. The highest BCUT2D eigenvalue weighted by Gasteiger charge is 2.39. The van der Waals surface area contributed by atoms with Gasteiger partial charge in [-0.25, -0.2) is 9.18 Å². The van der Waals surface area contributed by atoms with E-state index in [1.54, 1.807) is 13.0 Å². The predicted molar refractivity (Wildman–Crippen MR) is 134 cm³/mol. The van der Waals surface area contributed by atoms with E-state index in [1.807, 2.05) is 49.4 Å². The number of hydrogen-bond acceptors (Lipinski definition) is 6. The number of benzene rings is 3. The minimum atomic E-state index is -1.05. The Bertz CT molecular complexity index is 1240. The number of alkyl halides is 1. The van der Waals surface area contributed by atoms with Gasteiger partial charge in [0.25, 0.3) is 0 Å². The summed E-state index contributed by atoms with van der Waals surface area (Å²) in [6.45, 7) is 2.93. The van der Waals surface area contributed by atoms with Crippen LogP contribution in [0.3, 0.4) is 0 Å². The molecule has 6 nitrogen and oxygen atoms in total. The molecule has 3 aromatic carbocycles. The molecule has 0 saturated heterocycles. The minimum Gasteiger partial charge on any atom is -0.490 e. The van der Waals surface area contributed by atoms with Crippen molar-refractivity contribution in [2.75, 3.05) is 14.0 Å². The molecule has 36 heavy (non-hydrogen) atoms. The molecule has 7 heteroatoms. The highest BCUT2D eigenvalue weighted by atomic mass is 19.1. The molecule has 0 heterocycles. The number of aryl methyl sites for hydroxylation is 1. The largest absolute Gasteiger partial charge is 0.490 e. The minimum absolute atomic E-state index is 0.105. The molecule has 1 aliphatic carbocycles. The van der Waals surface area contributed by atoms with Gasteiger partial charge in [-0.15, -0.1) is 0 Å². The summed E-state index contributed by atoms with van der Waals surface area (Å²) in [4.78, 5) is 25.2. The Hall–Kier alpha value is -3.61. The van der Waals surface area contributed by atoms with Crippen LogP contribution in [0.2, 0.25) is 0 Å². The summed E-state index contributed by atoms with van der Waals surface area (Å²) >= 11 is 0. The van der Waals surface area contributed by atoms with Gasteiger partial charge in [-0.2, -0.15) is 0 Å². The van der Waals surface area contributed by atoms with Crippen LogP contribution in [0.4, 0.5) is 4.39 Å². The predicted octanol–water partition coefficient (Wildman–Crippen LogP) is 6.31. The first-order valence-electron chi connectivity index (χ1n) is 12.1. The van der Waals surface area contributed by atoms with Crippen LogP contribution in [0.1, 0.15) is 54.1 Å². The Morgan fingerprint density at radius 3 is 2.47 bits per heavy atom. The summed E-state index contributed by atoms with van der Waals surface area (Å²) in [6.07, 6.45) is 2.45. The smallest absolute Gasteiger partial charge is 0.341 e. The van der Waals surface area contributed by atoms with Gasteiger partial charge in [0.1, 0.15) is 23.7 Å². The fraction of sp³-hybridized carbons (Fsp3) is 0.379. The molecule has 1 aliphatic rings. The topological polar surface area (TPSA) is 71.1 Å². The molecule has 1 saturated carbocycles. The Labute approximate surface area is 210 Å². The van der Waals surface area contributed by atoms with Crippen LogP contribution >= 0.6 is 0 Å². The van der Waals surface area contributed by atoms with Crippen molar-refractivity contribution in [3.05, 3.63) is 71.3 Å². The highest BCUT2D eigenvalue weighted by Crippen LogP contribution is 2.40. The number of rotatable bonds is 8. The Morgan fingerprint density at radius 1 is 1.03 bits per heavy atom. The molecule has 0 aliphatic heterocycles. The van der Waals surface area contributed by atoms with Gasteiger partial charge in [-0.3, -0.25) is 4.79 Å². The van der Waals surface area contributed by atoms with Crippen molar-refractivity contribution in [1.82, 2.24) is 0 Å². The van der Waals surface area contributed by atoms with Gasteiger partial charge in [0.05, 0.1) is 18.6 Å². The standard InChI is InChI=1S/C29H31FO6/c1-19-15-26(35-18-30)24(27(31)33-3)16-25(19)36-22-11-13-29(2,14-12-22)28(32)34-17-21-9-6-8-20-7-4-5-10-23(20)21/h4-10,15-16,22H,11-14,17-18H2,1-3H3. The number of carbonyl (C=O) groups excluding carboxylic acids is 2. The quantitative estimate of drug-likeness (QED) is 0.342. The molecule has 0 amide bonds. The molecule has 1 fully saturated rings. The maximum absolute atomic E-state index is 13.0. The van der Waals surface area contributed by atoms with Crippen molar-refractivity contribution in [1.29, 1.82) is 0 Å². The summed E-state index contributed by atoms with van der Waals surface area (Å²) in [7, 11) is 1.25. The van der Waals surface area contributed by atoms with Crippen molar-refractivity contribution in [3.8, 4) is 11.5 Å².